The van der Waals surface area contributed by atoms with E-state index in [2.05, 4.69) is 10.6 Å². The van der Waals surface area contributed by atoms with Crippen LogP contribution < -0.4 is 10.6 Å². The van der Waals surface area contributed by atoms with Crippen LogP contribution in [0.5, 0.6) is 0 Å². The summed E-state index contributed by atoms with van der Waals surface area (Å²) in [6.07, 6.45) is -5.88. The van der Waals surface area contributed by atoms with Crippen LogP contribution in [0.3, 0.4) is 0 Å². The highest BCUT2D eigenvalue weighted by Gasteiger charge is 2.32. The maximum Gasteiger partial charge on any atom is 0.416 e. The van der Waals surface area contributed by atoms with Gasteiger partial charge in [0.25, 0.3) is 0 Å². The lowest BCUT2D eigenvalue weighted by atomic mass is 9.87. The number of benzene rings is 1. The fourth-order valence-electron chi connectivity index (χ4n) is 1.94. The van der Waals surface area contributed by atoms with Gasteiger partial charge in [0.1, 0.15) is 6.10 Å². The zero-order valence-electron chi connectivity index (χ0n) is 14.6. The number of nitrogens with one attached hydrogen (secondary N) is 2. The van der Waals surface area contributed by atoms with Gasteiger partial charge in [-0.05, 0) is 17.7 Å². The van der Waals surface area contributed by atoms with Gasteiger partial charge >= 0.3 is 6.18 Å². The molecule has 0 saturated carbocycles. The number of carbonyl (C=O) groups excluding carboxylic acids is 2. The Morgan fingerprint density at radius 1 is 1.12 bits per heavy atom. The predicted octanol–water partition coefficient (Wildman–Crippen LogP) is 1.21. The van der Waals surface area contributed by atoms with E-state index in [1.165, 1.54) is 26.0 Å². The van der Waals surface area contributed by atoms with E-state index in [9.17, 15) is 27.9 Å². The highest BCUT2D eigenvalue weighted by atomic mass is 19.4. The van der Waals surface area contributed by atoms with Crippen LogP contribution in [0.4, 0.5) is 13.2 Å². The first-order valence-corrected chi connectivity index (χ1v) is 7.97. The lowest BCUT2D eigenvalue weighted by Gasteiger charge is -2.27. The number of amides is 2. The molecule has 4 N–H and O–H groups in total. The number of carbonyl (C=O) groups is 2. The second kappa shape index (κ2) is 9.00. The molecule has 0 saturated heterocycles. The fraction of sp³-hybridized carbons (Fsp3) is 0.529. The molecule has 0 fully saturated rings. The van der Waals surface area contributed by atoms with E-state index in [0.717, 1.165) is 12.1 Å². The molecule has 0 aliphatic rings. The maximum absolute atomic E-state index is 12.5. The Morgan fingerprint density at radius 3 is 2.19 bits per heavy atom. The predicted molar refractivity (Wildman–Crippen MR) is 87.8 cm³/mol. The van der Waals surface area contributed by atoms with Crippen LogP contribution in [-0.2, 0) is 22.3 Å². The highest BCUT2D eigenvalue weighted by Crippen LogP contribution is 2.29. The second-order valence-electron chi connectivity index (χ2n) is 6.56. The van der Waals surface area contributed by atoms with Gasteiger partial charge in [0, 0.05) is 24.9 Å². The molecular weight excluding hydrogens is 353 g/mol. The monoisotopic (exact) mass is 376 g/mol. The summed E-state index contributed by atoms with van der Waals surface area (Å²) >= 11 is 0. The third-order valence-corrected chi connectivity index (χ3v) is 3.82. The molecule has 26 heavy (non-hydrogen) atoms. The van der Waals surface area contributed by atoms with Crippen LogP contribution in [0.15, 0.2) is 24.3 Å². The van der Waals surface area contributed by atoms with Crippen LogP contribution >= 0.6 is 0 Å². The van der Waals surface area contributed by atoms with E-state index < -0.39 is 35.1 Å². The van der Waals surface area contributed by atoms with Gasteiger partial charge in [-0.1, -0.05) is 26.0 Å². The van der Waals surface area contributed by atoms with Gasteiger partial charge < -0.3 is 20.8 Å². The van der Waals surface area contributed by atoms with E-state index in [4.69, 9.17) is 5.11 Å². The number of aliphatic hydroxyl groups is 2. The number of hydrogen-bond acceptors (Lipinski definition) is 4. The van der Waals surface area contributed by atoms with Gasteiger partial charge in [-0.25, -0.2) is 0 Å². The number of halogens is 3. The van der Waals surface area contributed by atoms with Crippen molar-refractivity contribution in [1.29, 1.82) is 0 Å². The molecule has 0 heterocycles. The lowest BCUT2D eigenvalue weighted by molar-refractivity contribution is -0.138. The van der Waals surface area contributed by atoms with Crippen molar-refractivity contribution in [3.8, 4) is 0 Å². The molecule has 1 aromatic rings. The summed E-state index contributed by atoms with van der Waals surface area (Å²) < 4.78 is 37.4. The minimum atomic E-state index is -4.41. The van der Waals surface area contributed by atoms with Gasteiger partial charge in [-0.3, -0.25) is 9.59 Å². The summed E-state index contributed by atoms with van der Waals surface area (Å²) in [5, 5.41) is 23.8. The van der Waals surface area contributed by atoms with Crippen LogP contribution in [-0.4, -0.2) is 41.3 Å². The molecule has 2 amide bonds. The first kappa shape index (κ1) is 21.9. The summed E-state index contributed by atoms with van der Waals surface area (Å²) in [7, 11) is 0. The number of aliphatic hydroxyl groups excluding tert-OH is 2. The molecule has 1 atom stereocenters. The van der Waals surface area contributed by atoms with Gasteiger partial charge in [0.05, 0.1) is 12.2 Å². The van der Waals surface area contributed by atoms with Crippen molar-refractivity contribution < 1.29 is 33.0 Å². The Labute approximate surface area is 149 Å². The number of alkyl halides is 3. The van der Waals surface area contributed by atoms with Crippen molar-refractivity contribution in [3.63, 3.8) is 0 Å². The Hall–Kier alpha value is -2.13. The van der Waals surface area contributed by atoms with Gasteiger partial charge in [0.2, 0.25) is 11.8 Å². The lowest BCUT2D eigenvalue weighted by Crippen LogP contribution is -2.46. The first-order chi connectivity index (χ1) is 12.0. The van der Waals surface area contributed by atoms with Gasteiger partial charge in [0.15, 0.2) is 0 Å². The molecule has 1 aromatic carbocycles. The molecule has 0 radical (unpaired) electrons. The van der Waals surface area contributed by atoms with Gasteiger partial charge in [-0.15, -0.1) is 0 Å². The highest BCUT2D eigenvalue weighted by molar-refractivity contribution is 5.82. The molecule has 0 aromatic heterocycles. The first-order valence-electron chi connectivity index (χ1n) is 7.97. The third kappa shape index (κ3) is 6.64. The van der Waals surface area contributed by atoms with E-state index in [1.807, 2.05) is 0 Å². The zero-order chi connectivity index (χ0) is 20.0. The largest absolute Gasteiger partial charge is 0.416 e. The van der Waals surface area contributed by atoms with Crippen molar-refractivity contribution in [1.82, 2.24) is 10.6 Å². The molecule has 1 rings (SSSR count). The molecule has 0 bridgehead atoms. The number of hydrogen-bond donors (Lipinski definition) is 4. The van der Waals surface area contributed by atoms with Crippen LogP contribution in [0.1, 0.15) is 31.4 Å². The minimum Gasteiger partial charge on any atom is -0.396 e. The van der Waals surface area contributed by atoms with Gasteiger partial charge in [-0.2, -0.15) is 13.2 Å². The molecule has 146 valence electrons. The van der Waals surface area contributed by atoms with Crippen molar-refractivity contribution in [2.45, 2.75) is 39.1 Å². The summed E-state index contributed by atoms with van der Waals surface area (Å²) in [6.45, 7) is 2.71. The van der Waals surface area contributed by atoms with Crippen LogP contribution in [0, 0.1) is 5.41 Å². The molecule has 6 nitrogen and oxygen atoms in total. The normalized spacial score (nSPS) is 13.2. The van der Waals surface area contributed by atoms with E-state index >= 15 is 0 Å². The van der Waals surface area contributed by atoms with Crippen molar-refractivity contribution in [3.05, 3.63) is 35.4 Å². The summed E-state index contributed by atoms with van der Waals surface area (Å²) in [6, 6.07) is 4.43. The Morgan fingerprint density at radius 2 is 1.69 bits per heavy atom. The van der Waals surface area contributed by atoms with Crippen molar-refractivity contribution in [2.24, 2.45) is 5.41 Å². The Kier molecular flexibility index (Phi) is 7.58. The second-order valence-corrected chi connectivity index (χ2v) is 6.56. The quantitative estimate of drug-likeness (QED) is 0.548. The minimum absolute atomic E-state index is 0.0176. The zero-order valence-corrected chi connectivity index (χ0v) is 14.6. The van der Waals surface area contributed by atoms with Crippen LogP contribution in [0.2, 0.25) is 0 Å². The standard InChI is InChI=1S/C17H23F3N2O4/c1-16(2,10-23)14(25)15(26)21-8-7-13(24)22-9-11-3-5-12(6-4-11)17(18,19)20/h3-6,14,23,25H,7-10H2,1-2H3,(H,21,26)(H,22,24)/t14-/m0/s1. The molecular formula is C17H23F3N2O4. The fourth-order valence-corrected chi connectivity index (χ4v) is 1.94. The molecule has 0 aliphatic carbocycles. The Bertz CT molecular complexity index is 615. The summed E-state index contributed by atoms with van der Waals surface area (Å²) in [4.78, 5) is 23.4. The smallest absolute Gasteiger partial charge is 0.396 e. The van der Waals surface area contributed by atoms with Crippen molar-refractivity contribution in [2.75, 3.05) is 13.2 Å². The Balaban J connectivity index is 2.36. The summed E-state index contributed by atoms with van der Waals surface area (Å²) in [5.41, 5.74) is -1.26. The maximum atomic E-state index is 12.5. The summed E-state index contributed by atoms with van der Waals surface area (Å²) in [5.74, 6) is -1.10. The molecule has 0 unspecified atom stereocenters. The molecule has 9 heteroatoms. The number of rotatable bonds is 8. The topological polar surface area (TPSA) is 98.7 Å². The van der Waals surface area contributed by atoms with Crippen molar-refractivity contribution >= 4 is 11.8 Å². The average Bonchev–Trinajstić information content (AvgIpc) is 2.58. The van der Waals surface area contributed by atoms with Crippen LogP contribution in [0.25, 0.3) is 0 Å². The average molecular weight is 376 g/mol. The molecule has 0 aliphatic heterocycles. The van der Waals surface area contributed by atoms with E-state index in [0.29, 0.717) is 5.56 Å². The third-order valence-electron chi connectivity index (χ3n) is 3.82. The van der Waals surface area contributed by atoms with E-state index in [1.54, 1.807) is 0 Å². The SMILES string of the molecule is CC(C)(CO)[C@@H](O)C(=O)NCCC(=O)NCc1ccc(C(F)(F)F)cc1. The molecule has 0 spiro atoms. The van der Waals surface area contributed by atoms with E-state index in [-0.39, 0.29) is 26.1 Å².